The molecule has 3 N–H and O–H groups in total. The van der Waals surface area contributed by atoms with Crippen LogP contribution in [0.5, 0.6) is 11.5 Å². The topological polar surface area (TPSA) is 65.9 Å². The molecule has 2 aliphatic rings. The van der Waals surface area contributed by atoms with Crippen LogP contribution in [0, 0.1) is 0 Å². The maximum absolute atomic E-state index is 10.5. The van der Waals surface area contributed by atoms with E-state index in [4.69, 9.17) is 4.74 Å². The first-order valence-corrected chi connectivity index (χ1v) is 8.78. The number of aliphatic imine (C=N–C) groups is 1. The van der Waals surface area contributed by atoms with Gasteiger partial charge in [-0.3, -0.25) is 4.99 Å². The van der Waals surface area contributed by atoms with Crippen molar-refractivity contribution in [3.8, 4) is 11.5 Å². The molecule has 1 atom stereocenters. The van der Waals surface area contributed by atoms with E-state index < -0.39 is 0 Å². The number of nitrogens with zero attached hydrogens (tertiary/aromatic N) is 1. The number of nitrogens with one attached hydrogen (secondary N) is 2. The molecule has 0 radical (unpaired) electrons. The van der Waals surface area contributed by atoms with E-state index in [9.17, 15) is 5.11 Å². The van der Waals surface area contributed by atoms with Gasteiger partial charge in [0.1, 0.15) is 5.84 Å². The van der Waals surface area contributed by atoms with Crippen molar-refractivity contribution in [1.82, 2.24) is 10.6 Å². The highest BCUT2D eigenvalue weighted by Gasteiger charge is 2.27. The molecule has 3 rings (SSSR count). The van der Waals surface area contributed by atoms with Crippen LogP contribution in [0.4, 0.5) is 0 Å². The summed E-state index contributed by atoms with van der Waals surface area (Å²) < 4.78 is 5.52. The molecule has 1 fully saturated rings. The number of hydrogen-bond donors (Lipinski definition) is 3. The Bertz CT molecular complexity index is 553. The number of amidine groups is 1. The first kappa shape index (κ1) is 16.1. The van der Waals surface area contributed by atoms with Gasteiger partial charge < -0.3 is 20.5 Å². The second-order valence-electron chi connectivity index (χ2n) is 6.26. The highest BCUT2D eigenvalue weighted by molar-refractivity contribution is 5.90. The van der Waals surface area contributed by atoms with Crippen LogP contribution in [0.2, 0.25) is 0 Å². The van der Waals surface area contributed by atoms with Gasteiger partial charge in [0.15, 0.2) is 11.5 Å². The maximum atomic E-state index is 10.5. The summed E-state index contributed by atoms with van der Waals surface area (Å²) in [5, 5.41) is 17.6. The number of para-hydroxylation sites is 1. The summed E-state index contributed by atoms with van der Waals surface area (Å²) in [5.74, 6) is 1.70. The minimum absolute atomic E-state index is 0.0916. The number of hydrogen-bond acceptors (Lipinski definition) is 5. The number of ether oxygens (including phenoxy) is 1. The SMILES string of the molecule is CCOc1cccc([C@H]2NCCN=C2NC2CCCCC2)c1O. The van der Waals surface area contributed by atoms with E-state index in [1.165, 1.54) is 32.1 Å². The van der Waals surface area contributed by atoms with E-state index in [0.717, 1.165) is 24.5 Å². The third-order valence-electron chi connectivity index (χ3n) is 4.61. The van der Waals surface area contributed by atoms with Crippen molar-refractivity contribution in [2.75, 3.05) is 19.7 Å². The average Bonchev–Trinajstić information content (AvgIpc) is 2.59. The van der Waals surface area contributed by atoms with Crippen LogP contribution in [0.15, 0.2) is 23.2 Å². The number of phenols is 1. The van der Waals surface area contributed by atoms with Gasteiger partial charge in [0.05, 0.1) is 19.2 Å². The van der Waals surface area contributed by atoms with Crippen LogP contribution in [0.3, 0.4) is 0 Å². The van der Waals surface area contributed by atoms with Crippen LogP contribution in [-0.2, 0) is 0 Å². The Balaban J connectivity index is 1.80. The lowest BCUT2D eigenvalue weighted by atomic mass is 9.94. The lowest BCUT2D eigenvalue weighted by Gasteiger charge is -2.31. The highest BCUT2D eigenvalue weighted by Crippen LogP contribution is 2.34. The molecule has 5 heteroatoms. The third-order valence-corrected chi connectivity index (χ3v) is 4.61. The van der Waals surface area contributed by atoms with Gasteiger partial charge in [-0.1, -0.05) is 31.4 Å². The fourth-order valence-corrected chi connectivity index (χ4v) is 3.46. The molecule has 126 valence electrons. The molecule has 0 bridgehead atoms. The van der Waals surface area contributed by atoms with Gasteiger partial charge in [-0.05, 0) is 25.8 Å². The number of benzene rings is 1. The second kappa shape index (κ2) is 7.68. The maximum Gasteiger partial charge on any atom is 0.163 e. The third kappa shape index (κ3) is 3.78. The average molecular weight is 317 g/mol. The number of aromatic hydroxyl groups is 1. The molecule has 0 aromatic heterocycles. The molecule has 0 amide bonds. The zero-order chi connectivity index (χ0) is 16.1. The van der Waals surface area contributed by atoms with Gasteiger partial charge in [0.25, 0.3) is 0 Å². The molecule has 1 aromatic rings. The Hall–Kier alpha value is -1.75. The Morgan fingerprint density at radius 1 is 1.30 bits per heavy atom. The monoisotopic (exact) mass is 317 g/mol. The molecular weight excluding hydrogens is 290 g/mol. The van der Waals surface area contributed by atoms with E-state index in [2.05, 4.69) is 15.6 Å². The first-order valence-electron chi connectivity index (χ1n) is 8.78. The van der Waals surface area contributed by atoms with Crippen molar-refractivity contribution < 1.29 is 9.84 Å². The quantitative estimate of drug-likeness (QED) is 0.799. The van der Waals surface area contributed by atoms with Crippen LogP contribution in [0.25, 0.3) is 0 Å². The van der Waals surface area contributed by atoms with E-state index in [1.807, 2.05) is 19.1 Å². The lowest BCUT2D eigenvalue weighted by molar-refractivity contribution is 0.315. The van der Waals surface area contributed by atoms with E-state index in [1.54, 1.807) is 6.07 Å². The minimum atomic E-state index is -0.0916. The van der Waals surface area contributed by atoms with Gasteiger partial charge in [0.2, 0.25) is 0 Å². The Morgan fingerprint density at radius 2 is 2.13 bits per heavy atom. The van der Waals surface area contributed by atoms with E-state index >= 15 is 0 Å². The van der Waals surface area contributed by atoms with Crippen LogP contribution < -0.4 is 15.4 Å². The summed E-state index contributed by atoms with van der Waals surface area (Å²) in [6, 6.07) is 6.08. The van der Waals surface area contributed by atoms with Crippen molar-refractivity contribution in [2.24, 2.45) is 4.99 Å². The summed E-state index contributed by atoms with van der Waals surface area (Å²) in [4.78, 5) is 4.69. The molecule has 1 saturated carbocycles. The molecule has 1 aromatic carbocycles. The molecule has 5 nitrogen and oxygen atoms in total. The van der Waals surface area contributed by atoms with Crippen LogP contribution >= 0.6 is 0 Å². The summed E-state index contributed by atoms with van der Waals surface area (Å²) in [6.07, 6.45) is 6.32. The summed E-state index contributed by atoms with van der Waals surface area (Å²) in [5.41, 5.74) is 0.831. The van der Waals surface area contributed by atoms with Gasteiger partial charge in [-0.25, -0.2) is 0 Å². The fourth-order valence-electron chi connectivity index (χ4n) is 3.46. The molecular formula is C18H27N3O2. The van der Waals surface area contributed by atoms with Gasteiger partial charge in [0, 0.05) is 18.2 Å². The van der Waals surface area contributed by atoms with Gasteiger partial charge in [-0.15, -0.1) is 0 Å². The molecule has 0 saturated heterocycles. The van der Waals surface area contributed by atoms with E-state index in [-0.39, 0.29) is 11.8 Å². The van der Waals surface area contributed by atoms with E-state index in [0.29, 0.717) is 18.4 Å². The summed E-state index contributed by atoms with van der Waals surface area (Å²) in [7, 11) is 0. The predicted octanol–water partition coefficient (Wildman–Crippen LogP) is 2.76. The Labute approximate surface area is 138 Å². The number of rotatable bonds is 4. The molecule has 1 aliphatic carbocycles. The van der Waals surface area contributed by atoms with Gasteiger partial charge >= 0.3 is 0 Å². The predicted molar refractivity (Wildman–Crippen MR) is 92.3 cm³/mol. The molecule has 1 heterocycles. The smallest absolute Gasteiger partial charge is 0.163 e. The molecule has 1 aliphatic heterocycles. The van der Waals surface area contributed by atoms with Crippen molar-refractivity contribution >= 4 is 5.84 Å². The van der Waals surface area contributed by atoms with Crippen molar-refractivity contribution in [1.29, 1.82) is 0 Å². The minimum Gasteiger partial charge on any atom is -0.504 e. The normalized spacial score (nSPS) is 22.5. The van der Waals surface area contributed by atoms with Gasteiger partial charge in [-0.2, -0.15) is 0 Å². The van der Waals surface area contributed by atoms with Crippen molar-refractivity contribution in [2.45, 2.75) is 51.1 Å². The fraction of sp³-hybridized carbons (Fsp3) is 0.611. The lowest BCUT2D eigenvalue weighted by Crippen LogP contribution is -2.46. The summed E-state index contributed by atoms with van der Waals surface area (Å²) in [6.45, 7) is 4.05. The highest BCUT2D eigenvalue weighted by atomic mass is 16.5. The number of phenolic OH excluding ortho intramolecular Hbond substituents is 1. The Kier molecular flexibility index (Phi) is 5.39. The standard InChI is InChI=1S/C18H27N3O2/c1-2-23-15-10-6-9-14(17(15)22)16-18(20-12-11-19-16)21-13-7-4-3-5-8-13/h6,9-10,13,16,19,22H,2-5,7-8,11-12H2,1H3,(H,20,21)/t16-/m1/s1. The van der Waals surface area contributed by atoms with Crippen molar-refractivity contribution in [3.63, 3.8) is 0 Å². The zero-order valence-corrected chi connectivity index (χ0v) is 13.8. The molecule has 0 unspecified atom stereocenters. The van der Waals surface area contributed by atoms with Crippen LogP contribution in [-0.4, -0.2) is 36.7 Å². The summed E-state index contributed by atoms with van der Waals surface area (Å²) >= 11 is 0. The molecule has 23 heavy (non-hydrogen) atoms. The molecule has 0 spiro atoms. The zero-order valence-electron chi connectivity index (χ0n) is 13.8. The first-order chi connectivity index (χ1) is 11.3. The van der Waals surface area contributed by atoms with Crippen LogP contribution in [0.1, 0.15) is 50.6 Å². The Morgan fingerprint density at radius 3 is 2.91 bits per heavy atom. The largest absolute Gasteiger partial charge is 0.504 e. The van der Waals surface area contributed by atoms with Crippen molar-refractivity contribution in [3.05, 3.63) is 23.8 Å². The second-order valence-corrected chi connectivity index (χ2v) is 6.26.